The third-order valence-corrected chi connectivity index (χ3v) is 2.64. The first-order valence-electron chi connectivity index (χ1n) is 5.83. The van der Waals surface area contributed by atoms with Gasteiger partial charge in [-0.25, -0.2) is 9.37 Å². The highest BCUT2D eigenvalue weighted by Gasteiger charge is 2.07. The fourth-order valence-corrected chi connectivity index (χ4v) is 1.70. The van der Waals surface area contributed by atoms with Gasteiger partial charge in [0.2, 0.25) is 5.88 Å². The Morgan fingerprint density at radius 3 is 2.95 bits per heavy atom. The molecule has 1 heterocycles. The minimum atomic E-state index is -0.235. The Kier molecular flexibility index (Phi) is 4.12. The standard InChI is InChI=1S/C13H15FN4O/c1-19-13-11(15)12(17-8-18-13)16-6-5-9-3-2-4-10(14)7-9/h2-4,7-8H,5-6,15H2,1H3,(H,16,17,18). The third kappa shape index (κ3) is 3.31. The van der Waals surface area contributed by atoms with Gasteiger partial charge in [-0.2, -0.15) is 4.98 Å². The number of halogens is 1. The van der Waals surface area contributed by atoms with Gasteiger partial charge in [-0.15, -0.1) is 0 Å². The lowest BCUT2D eigenvalue weighted by atomic mass is 10.1. The molecule has 0 unspecified atom stereocenters. The molecule has 2 aromatic rings. The number of benzene rings is 1. The summed E-state index contributed by atoms with van der Waals surface area (Å²) in [5, 5.41) is 3.08. The van der Waals surface area contributed by atoms with E-state index in [0.29, 0.717) is 30.4 Å². The van der Waals surface area contributed by atoms with Crippen LogP contribution in [0.1, 0.15) is 5.56 Å². The van der Waals surface area contributed by atoms with Crippen molar-refractivity contribution in [2.24, 2.45) is 0 Å². The van der Waals surface area contributed by atoms with E-state index in [2.05, 4.69) is 15.3 Å². The van der Waals surface area contributed by atoms with Gasteiger partial charge in [-0.05, 0) is 24.1 Å². The predicted octanol–water partition coefficient (Wildman–Crippen LogP) is 1.86. The predicted molar refractivity (Wildman–Crippen MR) is 71.6 cm³/mol. The van der Waals surface area contributed by atoms with E-state index in [4.69, 9.17) is 10.5 Å². The molecule has 1 aromatic heterocycles. The van der Waals surface area contributed by atoms with Crippen molar-refractivity contribution in [3.63, 3.8) is 0 Å². The minimum Gasteiger partial charge on any atom is -0.479 e. The summed E-state index contributed by atoms with van der Waals surface area (Å²) >= 11 is 0. The highest BCUT2D eigenvalue weighted by Crippen LogP contribution is 2.23. The molecule has 0 aliphatic carbocycles. The molecule has 0 saturated carbocycles. The van der Waals surface area contributed by atoms with Crippen molar-refractivity contribution in [2.75, 3.05) is 24.7 Å². The Bertz CT molecular complexity index is 562. The molecule has 2 rings (SSSR count). The smallest absolute Gasteiger partial charge is 0.242 e. The first kappa shape index (κ1) is 13.1. The quantitative estimate of drug-likeness (QED) is 0.860. The van der Waals surface area contributed by atoms with Crippen molar-refractivity contribution in [2.45, 2.75) is 6.42 Å². The molecule has 0 fully saturated rings. The average molecular weight is 262 g/mol. The maximum Gasteiger partial charge on any atom is 0.242 e. The minimum absolute atomic E-state index is 0.235. The van der Waals surface area contributed by atoms with E-state index in [0.717, 1.165) is 5.56 Å². The number of rotatable bonds is 5. The summed E-state index contributed by atoms with van der Waals surface area (Å²) in [6, 6.07) is 6.48. The van der Waals surface area contributed by atoms with Gasteiger partial charge >= 0.3 is 0 Å². The zero-order chi connectivity index (χ0) is 13.7. The largest absolute Gasteiger partial charge is 0.479 e. The van der Waals surface area contributed by atoms with E-state index in [9.17, 15) is 4.39 Å². The summed E-state index contributed by atoms with van der Waals surface area (Å²) in [6.45, 7) is 0.591. The zero-order valence-electron chi connectivity index (χ0n) is 10.6. The van der Waals surface area contributed by atoms with Crippen molar-refractivity contribution in [3.05, 3.63) is 42.0 Å². The molecule has 19 heavy (non-hydrogen) atoms. The van der Waals surface area contributed by atoms with E-state index in [1.165, 1.54) is 25.6 Å². The van der Waals surface area contributed by atoms with Crippen LogP contribution in [0.2, 0.25) is 0 Å². The summed E-state index contributed by atoms with van der Waals surface area (Å²) in [4.78, 5) is 7.92. The van der Waals surface area contributed by atoms with Crippen LogP contribution >= 0.6 is 0 Å². The molecule has 0 aliphatic heterocycles. The van der Waals surface area contributed by atoms with Crippen LogP contribution in [0.15, 0.2) is 30.6 Å². The van der Waals surface area contributed by atoms with Gasteiger partial charge in [0, 0.05) is 6.54 Å². The number of anilines is 2. The lowest BCUT2D eigenvalue weighted by molar-refractivity contribution is 0.399. The summed E-state index contributed by atoms with van der Waals surface area (Å²) in [5.74, 6) is 0.618. The van der Waals surface area contributed by atoms with E-state index in [-0.39, 0.29) is 5.82 Å². The van der Waals surface area contributed by atoms with Crippen LogP contribution in [0, 0.1) is 5.82 Å². The lowest BCUT2D eigenvalue weighted by Crippen LogP contribution is -2.10. The molecule has 0 radical (unpaired) electrons. The van der Waals surface area contributed by atoms with Crippen molar-refractivity contribution >= 4 is 11.5 Å². The monoisotopic (exact) mass is 262 g/mol. The number of nitrogen functional groups attached to an aromatic ring is 1. The molecule has 1 aromatic carbocycles. The Balaban J connectivity index is 1.96. The van der Waals surface area contributed by atoms with Crippen LogP contribution in [-0.2, 0) is 6.42 Å². The number of hydrogen-bond donors (Lipinski definition) is 2. The second-order valence-corrected chi connectivity index (χ2v) is 3.95. The summed E-state index contributed by atoms with van der Waals surface area (Å²) in [7, 11) is 1.50. The summed E-state index contributed by atoms with van der Waals surface area (Å²) in [6.07, 6.45) is 2.04. The van der Waals surface area contributed by atoms with Gasteiger partial charge in [0.15, 0.2) is 5.82 Å². The van der Waals surface area contributed by atoms with Gasteiger partial charge < -0.3 is 15.8 Å². The first-order valence-corrected chi connectivity index (χ1v) is 5.83. The first-order chi connectivity index (χ1) is 9.20. The highest BCUT2D eigenvalue weighted by molar-refractivity contribution is 5.66. The van der Waals surface area contributed by atoms with Crippen LogP contribution in [0.3, 0.4) is 0 Å². The van der Waals surface area contributed by atoms with Gasteiger partial charge in [0.25, 0.3) is 0 Å². The van der Waals surface area contributed by atoms with Crippen LogP contribution in [0.25, 0.3) is 0 Å². The van der Waals surface area contributed by atoms with Crippen molar-refractivity contribution in [1.82, 2.24) is 9.97 Å². The second kappa shape index (κ2) is 5.99. The van der Waals surface area contributed by atoms with Crippen LogP contribution in [0.5, 0.6) is 5.88 Å². The maximum absolute atomic E-state index is 13.0. The zero-order valence-corrected chi connectivity index (χ0v) is 10.6. The Morgan fingerprint density at radius 1 is 1.37 bits per heavy atom. The fraction of sp³-hybridized carbons (Fsp3) is 0.231. The van der Waals surface area contributed by atoms with Crippen molar-refractivity contribution in [1.29, 1.82) is 0 Å². The summed E-state index contributed by atoms with van der Waals surface area (Å²) < 4.78 is 18.0. The summed E-state index contributed by atoms with van der Waals surface area (Å²) in [5.41, 5.74) is 7.10. The Labute approximate surface area is 110 Å². The number of methoxy groups -OCH3 is 1. The van der Waals surface area contributed by atoms with Crippen LogP contribution in [0.4, 0.5) is 15.9 Å². The van der Waals surface area contributed by atoms with E-state index < -0.39 is 0 Å². The second-order valence-electron chi connectivity index (χ2n) is 3.95. The van der Waals surface area contributed by atoms with Crippen LogP contribution < -0.4 is 15.8 Å². The molecule has 6 heteroatoms. The molecule has 0 saturated heterocycles. The number of hydrogen-bond acceptors (Lipinski definition) is 5. The number of nitrogens with one attached hydrogen (secondary N) is 1. The van der Waals surface area contributed by atoms with Gasteiger partial charge in [-0.3, -0.25) is 0 Å². The highest BCUT2D eigenvalue weighted by atomic mass is 19.1. The molecule has 5 nitrogen and oxygen atoms in total. The molecule has 0 spiro atoms. The molecule has 0 aliphatic rings. The molecular formula is C13H15FN4O. The number of ether oxygens (including phenoxy) is 1. The molecule has 100 valence electrons. The van der Waals surface area contributed by atoms with Gasteiger partial charge in [0.05, 0.1) is 7.11 Å². The Morgan fingerprint density at radius 2 is 2.21 bits per heavy atom. The van der Waals surface area contributed by atoms with Crippen molar-refractivity contribution < 1.29 is 9.13 Å². The molecule has 3 N–H and O–H groups in total. The van der Waals surface area contributed by atoms with Crippen LogP contribution in [-0.4, -0.2) is 23.6 Å². The molecule has 0 atom stereocenters. The molecule has 0 bridgehead atoms. The SMILES string of the molecule is COc1ncnc(NCCc2cccc(F)c2)c1N. The molecule has 0 amide bonds. The normalized spacial score (nSPS) is 10.2. The number of nitrogens with zero attached hydrogens (tertiary/aromatic N) is 2. The van der Waals surface area contributed by atoms with Gasteiger partial charge in [0.1, 0.15) is 17.8 Å². The third-order valence-electron chi connectivity index (χ3n) is 2.64. The topological polar surface area (TPSA) is 73.1 Å². The Hall–Kier alpha value is -2.37. The van der Waals surface area contributed by atoms with Gasteiger partial charge in [-0.1, -0.05) is 12.1 Å². The fourth-order valence-electron chi connectivity index (χ4n) is 1.70. The van der Waals surface area contributed by atoms with E-state index in [1.807, 2.05) is 6.07 Å². The number of aromatic nitrogens is 2. The van der Waals surface area contributed by atoms with E-state index >= 15 is 0 Å². The van der Waals surface area contributed by atoms with E-state index in [1.54, 1.807) is 6.07 Å². The lowest BCUT2D eigenvalue weighted by Gasteiger charge is -2.10. The number of nitrogens with two attached hydrogens (primary N) is 1. The molecular weight excluding hydrogens is 247 g/mol. The maximum atomic E-state index is 13.0. The van der Waals surface area contributed by atoms with Crippen molar-refractivity contribution in [3.8, 4) is 5.88 Å². The average Bonchev–Trinajstić information content (AvgIpc) is 2.41.